The summed E-state index contributed by atoms with van der Waals surface area (Å²) in [6, 6.07) is 12.0. The fourth-order valence-electron chi connectivity index (χ4n) is 4.18. The Balaban J connectivity index is 1.68. The summed E-state index contributed by atoms with van der Waals surface area (Å²) >= 11 is 3.45. The Bertz CT molecular complexity index is 976. The number of amides is 1. The first kappa shape index (κ1) is 20.1. The Hall–Kier alpha value is -2.21. The zero-order valence-electron chi connectivity index (χ0n) is 16.9. The van der Waals surface area contributed by atoms with E-state index in [1.165, 1.54) is 12.8 Å². The predicted octanol–water partition coefficient (Wildman–Crippen LogP) is 5.75. The van der Waals surface area contributed by atoms with E-state index in [1.807, 2.05) is 47.5 Å². The molecule has 0 radical (unpaired) electrons. The van der Waals surface area contributed by atoms with Gasteiger partial charge in [-0.3, -0.25) is 4.79 Å². The van der Waals surface area contributed by atoms with Gasteiger partial charge in [0, 0.05) is 28.8 Å². The molecule has 3 aromatic rings. The first-order chi connectivity index (χ1) is 14.2. The van der Waals surface area contributed by atoms with Crippen molar-refractivity contribution in [3.05, 3.63) is 58.5 Å². The number of carbonyl (C=O) groups excluding carboxylic acids is 1. The summed E-state index contributed by atoms with van der Waals surface area (Å²) in [5, 5.41) is 0. The van der Waals surface area contributed by atoms with Crippen LogP contribution in [0.25, 0.3) is 11.2 Å². The van der Waals surface area contributed by atoms with E-state index in [4.69, 9.17) is 4.98 Å². The maximum absolute atomic E-state index is 13.3. The molecule has 4 rings (SSSR count). The number of hydrogen-bond acceptors (Lipinski definition) is 3. The molecule has 152 valence electrons. The molecule has 0 bridgehead atoms. The van der Waals surface area contributed by atoms with Crippen molar-refractivity contribution in [1.82, 2.24) is 19.4 Å². The van der Waals surface area contributed by atoms with E-state index in [1.54, 1.807) is 0 Å². The zero-order valence-corrected chi connectivity index (χ0v) is 18.4. The second-order valence-corrected chi connectivity index (χ2v) is 8.69. The van der Waals surface area contributed by atoms with Crippen LogP contribution in [0.4, 0.5) is 0 Å². The molecule has 0 unspecified atom stereocenters. The van der Waals surface area contributed by atoms with Gasteiger partial charge >= 0.3 is 0 Å². The standard InChI is InChI=1S/C23H27BrN4O/c1-2-3-15-27(23(29)17-10-12-18(24)13-11-17)16-21-26-20-9-6-14-25-22(20)28(21)19-7-4-5-8-19/h6,9-14,19H,2-5,7-8,15-16H2,1H3. The average Bonchev–Trinajstić information content (AvgIpc) is 3.38. The van der Waals surface area contributed by atoms with Crippen molar-refractivity contribution in [2.45, 2.75) is 58.0 Å². The fraction of sp³-hybridized carbons (Fsp3) is 0.435. The van der Waals surface area contributed by atoms with E-state index in [0.29, 0.717) is 18.2 Å². The first-order valence-electron chi connectivity index (χ1n) is 10.5. The molecular formula is C23H27BrN4O. The summed E-state index contributed by atoms with van der Waals surface area (Å²) in [5.74, 6) is 1.01. The lowest BCUT2D eigenvalue weighted by Gasteiger charge is -2.24. The van der Waals surface area contributed by atoms with E-state index in [2.05, 4.69) is 32.4 Å². The van der Waals surface area contributed by atoms with Crippen molar-refractivity contribution in [3.8, 4) is 0 Å². The number of halogens is 1. The van der Waals surface area contributed by atoms with Gasteiger partial charge in [0.05, 0.1) is 6.54 Å². The van der Waals surface area contributed by atoms with Crippen LogP contribution in [0.3, 0.4) is 0 Å². The minimum atomic E-state index is 0.0592. The molecule has 2 heterocycles. The Labute approximate surface area is 180 Å². The summed E-state index contributed by atoms with van der Waals surface area (Å²) in [6.07, 6.45) is 8.66. The van der Waals surface area contributed by atoms with Crippen molar-refractivity contribution < 1.29 is 4.79 Å². The van der Waals surface area contributed by atoms with Gasteiger partial charge in [-0.25, -0.2) is 9.97 Å². The number of benzene rings is 1. The van der Waals surface area contributed by atoms with Gasteiger partial charge in [0.2, 0.25) is 0 Å². The third-order valence-corrected chi connectivity index (χ3v) is 6.23. The van der Waals surface area contributed by atoms with Crippen LogP contribution in [0.15, 0.2) is 47.1 Å². The Morgan fingerprint density at radius 3 is 2.69 bits per heavy atom. The Morgan fingerprint density at radius 1 is 1.21 bits per heavy atom. The monoisotopic (exact) mass is 454 g/mol. The van der Waals surface area contributed by atoms with Gasteiger partial charge in [0.15, 0.2) is 5.65 Å². The first-order valence-corrected chi connectivity index (χ1v) is 11.3. The predicted molar refractivity (Wildman–Crippen MR) is 119 cm³/mol. The van der Waals surface area contributed by atoms with E-state index < -0.39 is 0 Å². The van der Waals surface area contributed by atoms with Gasteiger partial charge in [0.1, 0.15) is 11.3 Å². The largest absolute Gasteiger partial charge is 0.331 e. The maximum Gasteiger partial charge on any atom is 0.254 e. The molecule has 29 heavy (non-hydrogen) atoms. The van der Waals surface area contributed by atoms with Crippen LogP contribution >= 0.6 is 15.9 Å². The van der Waals surface area contributed by atoms with Crippen LogP contribution in [-0.4, -0.2) is 31.9 Å². The molecule has 1 aliphatic carbocycles. The lowest BCUT2D eigenvalue weighted by Crippen LogP contribution is -2.33. The normalized spacial score (nSPS) is 14.6. The van der Waals surface area contributed by atoms with Crippen molar-refractivity contribution in [2.75, 3.05) is 6.54 Å². The summed E-state index contributed by atoms with van der Waals surface area (Å²) in [7, 11) is 0. The third-order valence-electron chi connectivity index (χ3n) is 5.70. The van der Waals surface area contributed by atoms with Gasteiger partial charge in [-0.15, -0.1) is 0 Å². The summed E-state index contributed by atoms with van der Waals surface area (Å²) in [4.78, 5) is 24.7. The minimum Gasteiger partial charge on any atom is -0.331 e. The highest BCUT2D eigenvalue weighted by molar-refractivity contribution is 9.10. The molecule has 1 aliphatic rings. The van der Waals surface area contributed by atoms with E-state index >= 15 is 0 Å². The lowest BCUT2D eigenvalue weighted by atomic mass is 10.2. The highest BCUT2D eigenvalue weighted by Crippen LogP contribution is 2.33. The minimum absolute atomic E-state index is 0.0592. The molecule has 2 aromatic heterocycles. The number of pyridine rings is 1. The molecule has 0 spiro atoms. The number of imidazole rings is 1. The maximum atomic E-state index is 13.3. The highest BCUT2D eigenvalue weighted by Gasteiger charge is 2.25. The lowest BCUT2D eigenvalue weighted by molar-refractivity contribution is 0.0734. The quantitative estimate of drug-likeness (QED) is 0.456. The Kier molecular flexibility index (Phi) is 6.28. The molecule has 0 aliphatic heterocycles. The van der Waals surface area contributed by atoms with Gasteiger partial charge < -0.3 is 9.47 Å². The second-order valence-electron chi connectivity index (χ2n) is 7.77. The average molecular weight is 455 g/mol. The fourth-order valence-corrected chi connectivity index (χ4v) is 4.45. The van der Waals surface area contributed by atoms with Gasteiger partial charge in [-0.1, -0.05) is 42.1 Å². The SMILES string of the molecule is CCCCN(Cc1nc2cccnc2n1C1CCCC1)C(=O)c1ccc(Br)cc1. The molecule has 6 heteroatoms. The van der Waals surface area contributed by atoms with Gasteiger partial charge in [0.25, 0.3) is 5.91 Å². The zero-order chi connectivity index (χ0) is 20.2. The van der Waals surface area contributed by atoms with Crippen LogP contribution in [0.1, 0.15) is 67.7 Å². The summed E-state index contributed by atoms with van der Waals surface area (Å²) < 4.78 is 3.28. The highest BCUT2D eigenvalue weighted by atomic mass is 79.9. The molecule has 0 atom stereocenters. The van der Waals surface area contributed by atoms with Crippen LogP contribution in [0.5, 0.6) is 0 Å². The molecule has 1 aromatic carbocycles. The number of unbranched alkanes of at least 4 members (excludes halogenated alkanes) is 1. The number of hydrogen-bond donors (Lipinski definition) is 0. The molecular weight excluding hydrogens is 428 g/mol. The summed E-state index contributed by atoms with van der Waals surface area (Å²) in [6.45, 7) is 3.40. The summed E-state index contributed by atoms with van der Waals surface area (Å²) in [5.41, 5.74) is 2.58. The van der Waals surface area contributed by atoms with Crippen molar-refractivity contribution in [1.29, 1.82) is 0 Å². The number of aromatic nitrogens is 3. The van der Waals surface area contributed by atoms with Crippen molar-refractivity contribution in [2.24, 2.45) is 0 Å². The molecule has 0 N–H and O–H groups in total. The van der Waals surface area contributed by atoms with E-state index in [9.17, 15) is 4.79 Å². The number of carbonyl (C=O) groups is 1. The number of fused-ring (bicyclic) bond motifs is 1. The van der Waals surface area contributed by atoms with Crippen LogP contribution in [0, 0.1) is 0 Å². The molecule has 0 saturated heterocycles. The Morgan fingerprint density at radius 2 is 1.97 bits per heavy atom. The van der Waals surface area contributed by atoms with Gasteiger partial charge in [-0.2, -0.15) is 0 Å². The van der Waals surface area contributed by atoms with Crippen molar-refractivity contribution >= 4 is 33.0 Å². The molecule has 1 saturated carbocycles. The smallest absolute Gasteiger partial charge is 0.254 e. The van der Waals surface area contributed by atoms with E-state index in [-0.39, 0.29) is 5.91 Å². The van der Waals surface area contributed by atoms with Crippen molar-refractivity contribution in [3.63, 3.8) is 0 Å². The van der Waals surface area contributed by atoms with Crippen LogP contribution < -0.4 is 0 Å². The molecule has 5 nitrogen and oxygen atoms in total. The van der Waals surface area contributed by atoms with Crippen LogP contribution in [-0.2, 0) is 6.54 Å². The van der Waals surface area contributed by atoms with E-state index in [0.717, 1.165) is 53.7 Å². The molecule has 1 fully saturated rings. The second kappa shape index (κ2) is 9.08. The topological polar surface area (TPSA) is 51.0 Å². The third kappa shape index (κ3) is 4.37. The number of nitrogens with zero attached hydrogens (tertiary/aromatic N) is 4. The molecule has 1 amide bonds. The van der Waals surface area contributed by atoms with Crippen LogP contribution in [0.2, 0.25) is 0 Å². The van der Waals surface area contributed by atoms with Gasteiger partial charge in [-0.05, 0) is 55.7 Å². The number of rotatable bonds is 7.